The Balaban J connectivity index is 2.68. The average molecular weight is 217 g/mol. The molecule has 11 heavy (non-hydrogen) atoms. The molecule has 0 atom stereocenters. The number of hydrogen-bond donors (Lipinski definition) is 0. The molecule has 0 aromatic carbocycles. The number of methoxy groups -OCH3 is 1. The number of ether oxygens (including phenoxy) is 1. The Kier molecular flexibility index (Phi) is 2.88. The van der Waals surface area contributed by atoms with E-state index in [0.717, 1.165) is 22.9 Å². The van der Waals surface area contributed by atoms with Crippen molar-refractivity contribution >= 4 is 21.9 Å². The van der Waals surface area contributed by atoms with Gasteiger partial charge in [-0.05, 0) is 17.3 Å². The largest absolute Gasteiger partial charge is 0.466 e. The summed E-state index contributed by atoms with van der Waals surface area (Å²) in [5.74, 6) is -0.221. The number of esters is 1. The Hall–Kier alpha value is -0.570. The molecule has 1 aliphatic rings. The first-order valence-corrected chi connectivity index (χ1v) is 4.17. The van der Waals surface area contributed by atoms with Crippen molar-refractivity contribution in [2.24, 2.45) is 0 Å². The predicted octanol–water partition coefficient (Wildman–Crippen LogP) is 2.16. The van der Waals surface area contributed by atoms with Crippen molar-refractivity contribution in [2.45, 2.75) is 12.8 Å². The molecule has 0 fully saturated rings. The zero-order valence-corrected chi connectivity index (χ0v) is 7.85. The summed E-state index contributed by atoms with van der Waals surface area (Å²) < 4.78 is 5.70. The van der Waals surface area contributed by atoms with Gasteiger partial charge < -0.3 is 4.74 Å². The minimum absolute atomic E-state index is 0.221. The maximum atomic E-state index is 10.9. The van der Waals surface area contributed by atoms with Crippen LogP contribution in [0.1, 0.15) is 12.8 Å². The first kappa shape index (κ1) is 8.53. The lowest BCUT2D eigenvalue weighted by atomic mass is 10.1. The average Bonchev–Trinajstić information content (AvgIpc) is 2.05. The van der Waals surface area contributed by atoms with Gasteiger partial charge in [-0.3, -0.25) is 0 Å². The van der Waals surface area contributed by atoms with Gasteiger partial charge in [0.15, 0.2) is 0 Å². The van der Waals surface area contributed by atoms with Gasteiger partial charge in [-0.1, -0.05) is 28.1 Å². The van der Waals surface area contributed by atoms with Crippen molar-refractivity contribution in [2.75, 3.05) is 7.11 Å². The summed E-state index contributed by atoms with van der Waals surface area (Å²) >= 11 is 3.35. The van der Waals surface area contributed by atoms with Gasteiger partial charge in [0.05, 0.1) is 7.11 Å². The first-order valence-electron chi connectivity index (χ1n) is 3.37. The maximum absolute atomic E-state index is 10.9. The highest BCUT2D eigenvalue weighted by Crippen LogP contribution is 2.22. The molecule has 0 saturated heterocycles. The minimum atomic E-state index is -0.221. The molecule has 0 spiro atoms. The van der Waals surface area contributed by atoms with Crippen molar-refractivity contribution < 1.29 is 9.53 Å². The van der Waals surface area contributed by atoms with E-state index in [1.54, 1.807) is 6.08 Å². The summed E-state index contributed by atoms with van der Waals surface area (Å²) in [5, 5.41) is 0. The lowest BCUT2D eigenvalue weighted by Gasteiger charge is -2.07. The summed E-state index contributed by atoms with van der Waals surface area (Å²) in [4.78, 5) is 10.9. The topological polar surface area (TPSA) is 26.3 Å². The number of rotatable bonds is 1. The van der Waals surface area contributed by atoms with E-state index in [4.69, 9.17) is 0 Å². The van der Waals surface area contributed by atoms with E-state index in [1.165, 1.54) is 7.11 Å². The Morgan fingerprint density at radius 2 is 2.27 bits per heavy atom. The zero-order valence-electron chi connectivity index (χ0n) is 6.26. The standard InChI is InChI=1S/C8H9BrO2/c1-11-8(10)6-2-4-7(9)5-3-6/h2,4H,3,5H2,1H3. The quantitative estimate of drug-likeness (QED) is 0.629. The Morgan fingerprint density at radius 1 is 1.55 bits per heavy atom. The van der Waals surface area contributed by atoms with Crippen molar-refractivity contribution in [1.82, 2.24) is 0 Å². The van der Waals surface area contributed by atoms with Gasteiger partial charge in [0.25, 0.3) is 0 Å². The lowest BCUT2D eigenvalue weighted by Crippen LogP contribution is -2.06. The van der Waals surface area contributed by atoms with Crippen LogP contribution in [-0.2, 0) is 9.53 Å². The molecule has 0 bridgehead atoms. The van der Waals surface area contributed by atoms with Crippen molar-refractivity contribution in [3.05, 3.63) is 22.2 Å². The normalized spacial score (nSPS) is 16.9. The lowest BCUT2D eigenvalue weighted by molar-refractivity contribution is -0.136. The number of carbonyl (C=O) groups excluding carboxylic acids is 1. The molecule has 0 unspecified atom stereocenters. The molecule has 0 aromatic rings. The number of halogens is 1. The van der Waals surface area contributed by atoms with Gasteiger partial charge in [0.1, 0.15) is 0 Å². The van der Waals surface area contributed by atoms with Gasteiger partial charge in [-0.25, -0.2) is 4.79 Å². The molecular formula is C8H9BrO2. The summed E-state index contributed by atoms with van der Waals surface area (Å²) in [6.07, 6.45) is 5.33. The first-order chi connectivity index (χ1) is 5.24. The van der Waals surface area contributed by atoms with E-state index >= 15 is 0 Å². The maximum Gasteiger partial charge on any atom is 0.333 e. The molecule has 0 amide bonds. The molecule has 2 nitrogen and oxygen atoms in total. The van der Waals surface area contributed by atoms with Crippen LogP contribution in [0, 0.1) is 0 Å². The molecular weight excluding hydrogens is 208 g/mol. The highest BCUT2D eigenvalue weighted by molar-refractivity contribution is 9.11. The van der Waals surface area contributed by atoms with Crippen molar-refractivity contribution in [3.63, 3.8) is 0 Å². The van der Waals surface area contributed by atoms with Crippen LogP contribution in [0.25, 0.3) is 0 Å². The fourth-order valence-corrected chi connectivity index (χ4v) is 1.24. The number of carbonyl (C=O) groups is 1. The second-order valence-electron chi connectivity index (χ2n) is 2.30. The molecule has 0 N–H and O–H groups in total. The zero-order chi connectivity index (χ0) is 8.27. The van der Waals surface area contributed by atoms with E-state index in [0.29, 0.717) is 0 Å². The van der Waals surface area contributed by atoms with E-state index in [-0.39, 0.29) is 5.97 Å². The molecule has 0 aromatic heterocycles. The Bertz CT molecular complexity index is 228. The van der Waals surface area contributed by atoms with Gasteiger partial charge in [0, 0.05) is 5.57 Å². The highest BCUT2D eigenvalue weighted by atomic mass is 79.9. The minimum Gasteiger partial charge on any atom is -0.466 e. The second kappa shape index (κ2) is 3.72. The highest BCUT2D eigenvalue weighted by Gasteiger charge is 2.11. The third-order valence-electron chi connectivity index (χ3n) is 1.55. The van der Waals surface area contributed by atoms with Crippen LogP contribution in [0.3, 0.4) is 0 Å². The van der Waals surface area contributed by atoms with Crippen LogP contribution >= 0.6 is 15.9 Å². The van der Waals surface area contributed by atoms with Crippen LogP contribution in [-0.4, -0.2) is 13.1 Å². The molecule has 0 saturated carbocycles. The fourth-order valence-electron chi connectivity index (χ4n) is 0.913. The summed E-state index contributed by atoms with van der Waals surface area (Å²) in [7, 11) is 1.40. The third-order valence-corrected chi connectivity index (χ3v) is 2.21. The SMILES string of the molecule is COC(=O)C1=CC=C(Br)CC1. The van der Waals surface area contributed by atoms with Gasteiger partial charge >= 0.3 is 5.97 Å². The van der Waals surface area contributed by atoms with Crippen LogP contribution in [0.4, 0.5) is 0 Å². The van der Waals surface area contributed by atoms with Crippen molar-refractivity contribution in [1.29, 1.82) is 0 Å². The predicted molar refractivity (Wildman–Crippen MR) is 46.3 cm³/mol. The molecule has 0 heterocycles. The van der Waals surface area contributed by atoms with E-state index in [2.05, 4.69) is 20.7 Å². The summed E-state index contributed by atoms with van der Waals surface area (Å²) in [6, 6.07) is 0. The monoisotopic (exact) mass is 216 g/mol. The van der Waals surface area contributed by atoms with Gasteiger partial charge in [0.2, 0.25) is 0 Å². The number of allylic oxidation sites excluding steroid dienone is 3. The molecule has 0 radical (unpaired) electrons. The molecule has 60 valence electrons. The number of hydrogen-bond acceptors (Lipinski definition) is 2. The van der Waals surface area contributed by atoms with Crippen LogP contribution in [0.5, 0.6) is 0 Å². The van der Waals surface area contributed by atoms with Crippen LogP contribution in [0.2, 0.25) is 0 Å². The fraction of sp³-hybridized carbons (Fsp3) is 0.375. The van der Waals surface area contributed by atoms with Gasteiger partial charge in [-0.2, -0.15) is 0 Å². The summed E-state index contributed by atoms with van der Waals surface area (Å²) in [5.41, 5.74) is 0.746. The Labute approximate surface area is 74.1 Å². The molecule has 1 rings (SSSR count). The second-order valence-corrected chi connectivity index (χ2v) is 3.32. The van der Waals surface area contributed by atoms with Gasteiger partial charge in [-0.15, -0.1) is 0 Å². The smallest absolute Gasteiger partial charge is 0.333 e. The van der Waals surface area contributed by atoms with Crippen molar-refractivity contribution in [3.8, 4) is 0 Å². The summed E-state index contributed by atoms with van der Waals surface area (Å²) in [6.45, 7) is 0. The van der Waals surface area contributed by atoms with Crippen LogP contribution < -0.4 is 0 Å². The van der Waals surface area contributed by atoms with E-state index in [9.17, 15) is 4.79 Å². The molecule has 3 heteroatoms. The van der Waals surface area contributed by atoms with E-state index < -0.39 is 0 Å². The third kappa shape index (κ3) is 2.19. The molecule has 0 aliphatic heterocycles. The molecule has 1 aliphatic carbocycles. The Morgan fingerprint density at radius 3 is 2.73 bits per heavy atom. The van der Waals surface area contributed by atoms with Crippen LogP contribution in [0.15, 0.2) is 22.2 Å². The van der Waals surface area contributed by atoms with E-state index in [1.807, 2.05) is 6.08 Å².